The van der Waals surface area contributed by atoms with Crippen LogP contribution in [0.5, 0.6) is 0 Å². The van der Waals surface area contributed by atoms with E-state index >= 15 is 0 Å². The molecule has 6 rings (SSSR count). The Morgan fingerprint density at radius 2 is 1.06 bits per heavy atom. The number of benzene rings is 4. The lowest BCUT2D eigenvalue weighted by molar-refractivity contribution is 0.633. The maximum atomic E-state index is 6.68. The van der Waals surface area contributed by atoms with Crippen LogP contribution in [0, 0.1) is 0 Å². The van der Waals surface area contributed by atoms with E-state index in [-0.39, 0.29) is 0 Å². The van der Waals surface area contributed by atoms with E-state index in [0.717, 1.165) is 35.2 Å². The van der Waals surface area contributed by atoms with E-state index < -0.39 is 0 Å². The van der Waals surface area contributed by atoms with Crippen molar-refractivity contribution in [1.82, 2.24) is 0 Å². The van der Waals surface area contributed by atoms with Crippen LogP contribution in [-0.4, -0.2) is 0 Å². The molecule has 32 heavy (non-hydrogen) atoms. The Labute approximate surface area is 188 Å². The summed E-state index contributed by atoms with van der Waals surface area (Å²) in [5.41, 5.74) is 9.19. The van der Waals surface area contributed by atoms with Crippen LogP contribution in [0.15, 0.2) is 57.4 Å². The lowest BCUT2D eigenvalue weighted by Gasteiger charge is -2.23. The number of hydrogen-bond acceptors (Lipinski definition) is 2. The average molecular weight is 423 g/mol. The molecule has 0 N–H and O–H groups in total. The molecule has 0 atom stereocenters. The highest BCUT2D eigenvalue weighted by atomic mass is 16.3. The molecule has 0 spiro atoms. The number of rotatable bonds is 8. The van der Waals surface area contributed by atoms with E-state index in [0.29, 0.717) is 0 Å². The zero-order chi connectivity index (χ0) is 21.7. The Morgan fingerprint density at radius 3 is 1.50 bits per heavy atom. The molecule has 4 aromatic rings. The van der Waals surface area contributed by atoms with Crippen molar-refractivity contribution in [3.63, 3.8) is 0 Å². The Morgan fingerprint density at radius 1 is 0.594 bits per heavy atom. The van der Waals surface area contributed by atoms with Crippen molar-refractivity contribution in [1.29, 1.82) is 0 Å². The molecule has 0 amide bonds. The van der Waals surface area contributed by atoms with E-state index in [1.54, 1.807) is 0 Å². The van der Waals surface area contributed by atoms with Crippen molar-refractivity contribution < 1.29 is 8.83 Å². The molecule has 0 radical (unpaired) electrons. The van der Waals surface area contributed by atoms with Gasteiger partial charge in [0, 0.05) is 21.9 Å². The lowest BCUT2D eigenvalue weighted by atomic mass is 9.86. The van der Waals surface area contributed by atoms with E-state index in [9.17, 15) is 0 Å². The Balaban J connectivity index is 1.74. The first-order chi connectivity index (χ1) is 15.8. The minimum Gasteiger partial charge on any atom is -0.456 e. The van der Waals surface area contributed by atoms with Crippen LogP contribution in [0.25, 0.3) is 55.0 Å². The molecule has 0 fully saturated rings. The fourth-order valence-corrected chi connectivity index (χ4v) is 5.53. The second kappa shape index (κ2) is 7.85. The molecular formula is C30H30O2. The Bertz CT molecular complexity index is 1380. The van der Waals surface area contributed by atoms with Crippen molar-refractivity contribution in [3.8, 4) is 11.1 Å². The van der Waals surface area contributed by atoms with Crippen molar-refractivity contribution in [2.45, 2.75) is 65.2 Å². The molecule has 0 unspecified atom stereocenters. The fraction of sp³-hybridized carbons (Fsp3) is 0.333. The summed E-state index contributed by atoms with van der Waals surface area (Å²) in [5.74, 6) is 0. The Hall–Kier alpha value is -3.00. The van der Waals surface area contributed by atoms with Crippen molar-refractivity contribution in [2.75, 3.05) is 0 Å². The van der Waals surface area contributed by atoms with Crippen LogP contribution in [0.2, 0.25) is 0 Å². The van der Waals surface area contributed by atoms with E-state index in [1.807, 2.05) is 0 Å². The third-order valence-corrected chi connectivity index (χ3v) is 7.09. The molecule has 0 saturated heterocycles. The minimum atomic E-state index is 0.963. The maximum absolute atomic E-state index is 6.68. The molecule has 0 aliphatic carbocycles. The van der Waals surface area contributed by atoms with Gasteiger partial charge in [-0.25, -0.2) is 0 Å². The third-order valence-electron chi connectivity index (χ3n) is 7.09. The number of hydrogen-bond donors (Lipinski definition) is 0. The van der Waals surface area contributed by atoms with Gasteiger partial charge in [-0.3, -0.25) is 0 Å². The number of aryl methyl sites for hydroxylation is 2. The summed E-state index contributed by atoms with van der Waals surface area (Å²) in [5, 5.41) is 4.92. The van der Waals surface area contributed by atoms with Crippen LogP contribution in [0.4, 0.5) is 0 Å². The average Bonchev–Trinajstić information content (AvgIpc) is 2.81. The number of unbranched alkanes of at least 4 members (excludes halogenated alkanes) is 4. The minimum absolute atomic E-state index is 0.963. The van der Waals surface area contributed by atoms with Gasteiger partial charge >= 0.3 is 0 Å². The molecule has 4 aromatic carbocycles. The van der Waals surface area contributed by atoms with E-state index in [2.05, 4.69) is 62.4 Å². The molecule has 2 nitrogen and oxygen atoms in total. The van der Waals surface area contributed by atoms with Gasteiger partial charge in [-0.15, -0.1) is 0 Å². The molecule has 2 heterocycles. The molecule has 0 saturated carbocycles. The summed E-state index contributed by atoms with van der Waals surface area (Å²) in [4.78, 5) is 0. The zero-order valence-electron chi connectivity index (χ0n) is 19.1. The molecule has 0 bridgehead atoms. The Kier molecular flexibility index (Phi) is 4.82. The van der Waals surface area contributed by atoms with E-state index in [4.69, 9.17) is 8.83 Å². The van der Waals surface area contributed by atoms with Gasteiger partial charge in [-0.1, -0.05) is 63.8 Å². The van der Waals surface area contributed by atoms with Crippen LogP contribution >= 0.6 is 0 Å². The van der Waals surface area contributed by atoms with E-state index in [1.165, 1.54) is 82.3 Å². The van der Waals surface area contributed by atoms with Gasteiger partial charge in [0.05, 0.1) is 0 Å². The summed E-state index contributed by atoms with van der Waals surface area (Å²) in [6, 6.07) is 17.6. The predicted octanol–water partition coefficient (Wildman–Crippen LogP) is 9.49. The van der Waals surface area contributed by atoms with Gasteiger partial charge < -0.3 is 8.83 Å². The molecule has 2 aliphatic rings. The second-order valence-corrected chi connectivity index (χ2v) is 9.31. The molecule has 0 aromatic heterocycles. The first-order valence-corrected chi connectivity index (χ1v) is 12.3. The summed E-state index contributed by atoms with van der Waals surface area (Å²) in [7, 11) is 0. The van der Waals surface area contributed by atoms with Crippen LogP contribution in [0.3, 0.4) is 0 Å². The standard InChI is InChI=1S/C30H30O2/c1-3-5-7-11-21-17-19-13-9-16-24-25(19)27-28-26-20(14-10-15-23(26)31-29(21)27)18-22(30(28)32-24)12-8-6-4-2/h9-10,13-18H,3-8,11-12H2,1-2H3. The van der Waals surface area contributed by atoms with Crippen LogP contribution < -0.4 is 0 Å². The predicted molar refractivity (Wildman–Crippen MR) is 135 cm³/mol. The molecular weight excluding hydrogens is 392 g/mol. The smallest absolute Gasteiger partial charge is 0.139 e. The van der Waals surface area contributed by atoms with Gasteiger partial charge in [0.1, 0.15) is 22.3 Å². The first kappa shape index (κ1) is 19.7. The van der Waals surface area contributed by atoms with Gasteiger partial charge in [-0.2, -0.15) is 0 Å². The maximum Gasteiger partial charge on any atom is 0.139 e. The summed E-state index contributed by atoms with van der Waals surface area (Å²) in [6.45, 7) is 4.52. The highest BCUT2D eigenvalue weighted by Gasteiger charge is 2.27. The normalized spacial score (nSPS) is 12.4. The van der Waals surface area contributed by atoms with Crippen LogP contribution in [0.1, 0.15) is 63.5 Å². The van der Waals surface area contributed by atoms with Gasteiger partial charge in [0.15, 0.2) is 0 Å². The highest BCUT2D eigenvalue weighted by Crippen LogP contribution is 2.50. The van der Waals surface area contributed by atoms with Crippen LogP contribution in [-0.2, 0) is 12.8 Å². The second-order valence-electron chi connectivity index (χ2n) is 9.31. The third kappa shape index (κ3) is 2.92. The van der Waals surface area contributed by atoms with Crippen molar-refractivity contribution in [3.05, 3.63) is 59.7 Å². The van der Waals surface area contributed by atoms with Crippen molar-refractivity contribution in [2.24, 2.45) is 0 Å². The first-order valence-electron chi connectivity index (χ1n) is 12.3. The quantitative estimate of drug-likeness (QED) is 0.139. The topological polar surface area (TPSA) is 26.3 Å². The summed E-state index contributed by atoms with van der Waals surface area (Å²) >= 11 is 0. The fourth-order valence-electron chi connectivity index (χ4n) is 5.53. The zero-order valence-corrected chi connectivity index (χ0v) is 19.1. The summed E-state index contributed by atoms with van der Waals surface area (Å²) in [6.07, 6.45) is 9.42. The van der Waals surface area contributed by atoms with Gasteiger partial charge in [0.2, 0.25) is 0 Å². The highest BCUT2D eigenvalue weighted by molar-refractivity contribution is 6.24. The molecule has 2 heteroatoms. The largest absolute Gasteiger partial charge is 0.456 e. The SMILES string of the molecule is CCCCCc1cc2cccc3oc4c(CCCCC)cc5cccc6oc1c(c23)-c4c56. The lowest BCUT2D eigenvalue weighted by Crippen LogP contribution is -2.00. The van der Waals surface area contributed by atoms with Gasteiger partial charge in [0.25, 0.3) is 0 Å². The molecule has 2 aliphatic heterocycles. The summed E-state index contributed by atoms with van der Waals surface area (Å²) < 4.78 is 13.4. The molecule has 162 valence electrons. The van der Waals surface area contributed by atoms with Crippen molar-refractivity contribution >= 4 is 43.9 Å². The monoisotopic (exact) mass is 422 g/mol. The van der Waals surface area contributed by atoms with Gasteiger partial charge in [-0.05, 0) is 71.8 Å².